The molecule has 0 radical (unpaired) electrons. The Morgan fingerprint density at radius 3 is 2.48 bits per heavy atom. The largest absolute Gasteiger partial charge is 0.481 e. The van der Waals surface area contributed by atoms with Gasteiger partial charge in [-0.3, -0.25) is 14.5 Å². The molecule has 0 amide bonds. The Balaban J connectivity index is 2.11. The van der Waals surface area contributed by atoms with Gasteiger partial charge in [0.1, 0.15) is 0 Å². The quantitative estimate of drug-likeness (QED) is 0.886. The monoisotopic (exact) mass is 291 g/mol. The van der Waals surface area contributed by atoms with E-state index in [4.69, 9.17) is 5.11 Å². The number of aryl methyl sites for hydroxylation is 2. The van der Waals surface area contributed by atoms with E-state index in [0.717, 1.165) is 0 Å². The highest BCUT2D eigenvalue weighted by atomic mass is 16.4. The van der Waals surface area contributed by atoms with E-state index >= 15 is 0 Å². The zero-order valence-corrected chi connectivity index (χ0v) is 12.4. The highest BCUT2D eigenvalue weighted by molar-refractivity contribution is 5.80. The summed E-state index contributed by atoms with van der Waals surface area (Å²) in [6.07, 6.45) is 0.386. The van der Waals surface area contributed by atoms with Crippen molar-refractivity contribution in [1.82, 2.24) is 4.90 Å². The molecule has 21 heavy (non-hydrogen) atoms. The number of carbonyl (C=O) groups is 2. The maximum Gasteiger partial charge on any atom is 0.308 e. The van der Waals surface area contributed by atoms with Gasteiger partial charge in [0.05, 0.1) is 11.8 Å². The standard InChI is InChI=1S/C16H21NO4/c1-10-3-4-11(2)12(7-10)8-17-6-5-13(15(18)19)14(9-17)16(20)21/h3-4,7,13-14H,5-6,8-9H2,1-2H3,(H,18,19)(H,20,21). The lowest BCUT2D eigenvalue weighted by atomic mass is 9.85. The molecule has 5 heteroatoms. The van der Waals surface area contributed by atoms with Gasteiger partial charge in [-0.1, -0.05) is 23.8 Å². The number of benzene rings is 1. The Morgan fingerprint density at radius 1 is 1.19 bits per heavy atom. The highest BCUT2D eigenvalue weighted by Gasteiger charge is 2.38. The summed E-state index contributed by atoms with van der Waals surface area (Å²) < 4.78 is 0. The van der Waals surface area contributed by atoms with Gasteiger partial charge in [0.2, 0.25) is 0 Å². The summed E-state index contributed by atoms with van der Waals surface area (Å²) in [7, 11) is 0. The average Bonchev–Trinajstić information content (AvgIpc) is 2.42. The van der Waals surface area contributed by atoms with Gasteiger partial charge in [-0.15, -0.1) is 0 Å². The Kier molecular flexibility index (Phi) is 4.63. The third-order valence-electron chi connectivity index (χ3n) is 4.23. The van der Waals surface area contributed by atoms with E-state index in [1.807, 2.05) is 18.7 Å². The van der Waals surface area contributed by atoms with Crippen molar-refractivity contribution in [3.63, 3.8) is 0 Å². The van der Waals surface area contributed by atoms with Crippen molar-refractivity contribution in [2.75, 3.05) is 13.1 Å². The molecule has 1 saturated heterocycles. The molecular weight excluding hydrogens is 270 g/mol. The van der Waals surface area contributed by atoms with Crippen LogP contribution in [-0.4, -0.2) is 40.1 Å². The molecule has 1 aliphatic heterocycles. The number of hydrogen-bond donors (Lipinski definition) is 2. The van der Waals surface area contributed by atoms with E-state index in [-0.39, 0.29) is 0 Å². The number of piperidine rings is 1. The van der Waals surface area contributed by atoms with Crippen molar-refractivity contribution < 1.29 is 19.8 Å². The maximum absolute atomic E-state index is 11.3. The molecule has 0 aliphatic carbocycles. The maximum atomic E-state index is 11.3. The molecule has 0 aromatic heterocycles. The number of carboxylic acids is 2. The van der Waals surface area contributed by atoms with E-state index in [1.54, 1.807) is 0 Å². The molecule has 0 spiro atoms. The minimum atomic E-state index is -1.02. The molecule has 2 rings (SSSR count). The van der Waals surface area contributed by atoms with Gasteiger partial charge in [-0.05, 0) is 37.9 Å². The fourth-order valence-electron chi connectivity index (χ4n) is 2.92. The number of rotatable bonds is 4. The first-order valence-electron chi connectivity index (χ1n) is 7.12. The van der Waals surface area contributed by atoms with E-state index in [2.05, 4.69) is 18.2 Å². The normalized spacial score (nSPS) is 23.0. The summed E-state index contributed by atoms with van der Waals surface area (Å²) in [6.45, 7) is 5.64. The minimum Gasteiger partial charge on any atom is -0.481 e. The lowest BCUT2D eigenvalue weighted by Crippen LogP contribution is -2.46. The number of nitrogens with zero attached hydrogens (tertiary/aromatic N) is 1. The molecule has 1 heterocycles. The van der Waals surface area contributed by atoms with Crippen molar-refractivity contribution in [3.8, 4) is 0 Å². The van der Waals surface area contributed by atoms with Crippen LogP contribution in [0.2, 0.25) is 0 Å². The molecule has 5 nitrogen and oxygen atoms in total. The summed E-state index contributed by atoms with van der Waals surface area (Å²) >= 11 is 0. The second-order valence-corrected chi connectivity index (χ2v) is 5.84. The van der Waals surface area contributed by atoms with Crippen LogP contribution in [-0.2, 0) is 16.1 Å². The van der Waals surface area contributed by atoms with Gasteiger partial charge in [0.25, 0.3) is 0 Å². The molecular formula is C16H21NO4. The number of aliphatic carboxylic acids is 2. The second kappa shape index (κ2) is 6.26. The van der Waals surface area contributed by atoms with Crippen LogP contribution in [0.25, 0.3) is 0 Å². The first-order chi connectivity index (χ1) is 9.88. The van der Waals surface area contributed by atoms with Crippen molar-refractivity contribution in [3.05, 3.63) is 34.9 Å². The zero-order chi connectivity index (χ0) is 15.6. The number of likely N-dealkylation sites (tertiary alicyclic amines) is 1. The number of carboxylic acid groups (broad SMARTS) is 2. The van der Waals surface area contributed by atoms with Crippen LogP contribution in [0.4, 0.5) is 0 Å². The van der Waals surface area contributed by atoms with Crippen LogP contribution >= 0.6 is 0 Å². The number of hydrogen-bond acceptors (Lipinski definition) is 3. The van der Waals surface area contributed by atoms with Gasteiger partial charge in [-0.25, -0.2) is 0 Å². The Hall–Kier alpha value is -1.88. The Labute approximate surface area is 124 Å². The summed E-state index contributed by atoms with van der Waals surface area (Å²) in [5.74, 6) is -3.64. The zero-order valence-electron chi connectivity index (χ0n) is 12.4. The topological polar surface area (TPSA) is 77.8 Å². The molecule has 1 aromatic carbocycles. The van der Waals surface area contributed by atoms with Gasteiger partial charge in [-0.2, -0.15) is 0 Å². The molecule has 1 fully saturated rings. The van der Waals surface area contributed by atoms with Crippen LogP contribution in [0, 0.1) is 25.7 Å². The molecule has 0 bridgehead atoms. The predicted molar refractivity (Wildman–Crippen MR) is 78.1 cm³/mol. The highest BCUT2D eigenvalue weighted by Crippen LogP contribution is 2.26. The van der Waals surface area contributed by atoms with E-state index < -0.39 is 23.8 Å². The third kappa shape index (κ3) is 3.61. The van der Waals surface area contributed by atoms with Crippen molar-refractivity contribution in [2.24, 2.45) is 11.8 Å². The summed E-state index contributed by atoms with van der Waals surface area (Å²) in [5, 5.41) is 18.4. The van der Waals surface area contributed by atoms with Crippen LogP contribution in [0.3, 0.4) is 0 Å². The smallest absolute Gasteiger partial charge is 0.308 e. The van der Waals surface area contributed by atoms with Crippen molar-refractivity contribution >= 4 is 11.9 Å². The van der Waals surface area contributed by atoms with Crippen LogP contribution in [0.15, 0.2) is 18.2 Å². The molecule has 2 unspecified atom stereocenters. The SMILES string of the molecule is Cc1ccc(C)c(CN2CCC(C(=O)O)C(C(=O)O)C2)c1. The lowest BCUT2D eigenvalue weighted by Gasteiger charge is -2.34. The summed E-state index contributed by atoms with van der Waals surface area (Å²) in [5.41, 5.74) is 3.52. The average molecular weight is 291 g/mol. The fraction of sp³-hybridized carbons (Fsp3) is 0.500. The van der Waals surface area contributed by atoms with E-state index in [1.165, 1.54) is 16.7 Å². The van der Waals surface area contributed by atoms with E-state index in [9.17, 15) is 14.7 Å². The molecule has 2 N–H and O–H groups in total. The Morgan fingerprint density at radius 2 is 1.86 bits per heavy atom. The van der Waals surface area contributed by atoms with Crippen LogP contribution < -0.4 is 0 Å². The predicted octanol–water partition coefficient (Wildman–Crippen LogP) is 1.91. The van der Waals surface area contributed by atoms with Crippen molar-refractivity contribution in [1.29, 1.82) is 0 Å². The minimum absolute atomic E-state index is 0.291. The first kappa shape index (κ1) is 15.5. The molecule has 1 aliphatic rings. The molecule has 1 aromatic rings. The first-order valence-corrected chi connectivity index (χ1v) is 7.12. The fourth-order valence-corrected chi connectivity index (χ4v) is 2.92. The second-order valence-electron chi connectivity index (χ2n) is 5.84. The van der Waals surface area contributed by atoms with Gasteiger partial charge < -0.3 is 10.2 Å². The molecule has 0 saturated carbocycles. The van der Waals surface area contributed by atoms with Gasteiger partial charge in [0, 0.05) is 13.1 Å². The van der Waals surface area contributed by atoms with Crippen LogP contribution in [0.5, 0.6) is 0 Å². The van der Waals surface area contributed by atoms with Gasteiger partial charge >= 0.3 is 11.9 Å². The molecule has 2 atom stereocenters. The van der Waals surface area contributed by atoms with Crippen molar-refractivity contribution in [2.45, 2.75) is 26.8 Å². The summed E-state index contributed by atoms with van der Waals surface area (Å²) in [6, 6.07) is 6.22. The third-order valence-corrected chi connectivity index (χ3v) is 4.23. The Bertz CT molecular complexity index is 555. The van der Waals surface area contributed by atoms with Gasteiger partial charge in [0.15, 0.2) is 0 Å². The summed E-state index contributed by atoms with van der Waals surface area (Å²) in [4.78, 5) is 24.5. The molecule has 114 valence electrons. The lowest BCUT2D eigenvalue weighted by molar-refractivity contribution is -0.157. The van der Waals surface area contributed by atoms with E-state index in [0.29, 0.717) is 26.1 Å². The van der Waals surface area contributed by atoms with Crippen LogP contribution in [0.1, 0.15) is 23.1 Å².